The van der Waals surface area contributed by atoms with E-state index >= 15 is 0 Å². The number of hydrogen-bond donors (Lipinski definition) is 2. The summed E-state index contributed by atoms with van der Waals surface area (Å²) in [4.78, 5) is 30.8. The number of piperidine rings is 1. The maximum Gasteiger partial charge on any atom is 0.338 e. The number of carboxylic acids is 1. The van der Waals surface area contributed by atoms with Crippen LogP contribution in [0.25, 0.3) is 10.8 Å². The van der Waals surface area contributed by atoms with Crippen molar-refractivity contribution >= 4 is 22.6 Å². The number of nitrogens with zero attached hydrogens (tertiary/aromatic N) is 2. The van der Waals surface area contributed by atoms with E-state index in [1.165, 1.54) is 40.4 Å². The molecule has 5 rings (SSSR count). The van der Waals surface area contributed by atoms with Crippen LogP contribution in [-0.4, -0.2) is 46.5 Å². The van der Waals surface area contributed by atoms with Gasteiger partial charge in [0.05, 0.1) is 11.1 Å². The molecule has 2 unspecified atom stereocenters. The van der Waals surface area contributed by atoms with E-state index in [0.29, 0.717) is 19.0 Å². The fourth-order valence-electron chi connectivity index (χ4n) is 5.55. The van der Waals surface area contributed by atoms with Crippen molar-refractivity contribution in [2.24, 2.45) is 5.92 Å². The highest BCUT2D eigenvalue weighted by atomic mass is 16.4. The van der Waals surface area contributed by atoms with E-state index < -0.39 is 5.97 Å². The molecule has 3 atom stereocenters. The Morgan fingerprint density at radius 3 is 2.57 bits per heavy atom. The summed E-state index contributed by atoms with van der Waals surface area (Å²) in [6.07, 6.45) is 3.54. The summed E-state index contributed by atoms with van der Waals surface area (Å²) in [7, 11) is 0. The zero-order chi connectivity index (χ0) is 25.8. The molecule has 1 saturated heterocycles. The molecule has 2 heterocycles. The van der Waals surface area contributed by atoms with Gasteiger partial charge < -0.3 is 15.3 Å². The van der Waals surface area contributed by atoms with Crippen molar-refractivity contribution in [3.8, 4) is 0 Å². The maximum atomic E-state index is 13.4. The number of carboxylic acid groups (broad SMARTS) is 1. The Bertz CT molecular complexity index is 1400. The van der Waals surface area contributed by atoms with E-state index in [4.69, 9.17) is 0 Å². The average Bonchev–Trinajstić information content (AvgIpc) is 2.95. The summed E-state index contributed by atoms with van der Waals surface area (Å²) >= 11 is 0. The van der Waals surface area contributed by atoms with Crippen LogP contribution < -0.4 is 5.32 Å². The number of pyridine rings is 1. The molecule has 0 saturated carbocycles. The normalized spacial score (nSPS) is 18.5. The van der Waals surface area contributed by atoms with Crippen molar-refractivity contribution in [2.45, 2.75) is 25.3 Å². The second-order valence-electron chi connectivity index (χ2n) is 9.74. The van der Waals surface area contributed by atoms with Gasteiger partial charge in [-0.3, -0.25) is 9.78 Å². The molecule has 1 aliphatic heterocycles. The van der Waals surface area contributed by atoms with Gasteiger partial charge >= 0.3 is 5.97 Å². The minimum absolute atomic E-state index is 0.0584. The van der Waals surface area contributed by atoms with E-state index in [0.717, 1.165) is 13.0 Å². The van der Waals surface area contributed by atoms with Crippen LogP contribution in [-0.2, 0) is 0 Å². The van der Waals surface area contributed by atoms with Crippen LogP contribution in [0.1, 0.15) is 57.1 Å². The molecule has 4 aromatic rings. The molecule has 1 aliphatic rings. The minimum Gasteiger partial charge on any atom is -0.478 e. The number of aromatic carboxylic acids is 1. The van der Waals surface area contributed by atoms with Crippen LogP contribution in [0, 0.1) is 5.92 Å². The molecular formula is C31H31N3O3. The summed E-state index contributed by atoms with van der Waals surface area (Å²) in [6, 6.07) is 26.9. The highest BCUT2D eigenvalue weighted by Crippen LogP contribution is 2.34. The molecule has 1 amide bonds. The highest BCUT2D eigenvalue weighted by molar-refractivity contribution is 6.04. The molecular weight excluding hydrogens is 462 g/mol. The molecule has 6 heteroatoms. The van der Waals surface area contributed by atoms with Crippen molar-refractivity contribution in [1.82, 2.24) is 15.2 Å². The van der Waals surface area contributed by atoms with Gasteiger partial charge in [-0.1, -0.05) is 72.8 Å². The van der Waals surface area contributed by atoms with Crippen molar-refractivity contribution in [3.05, 3.63) is 114 Å². The topological polar surface area (TPSA) is 82.5 Å². The standard InChI is InChI=1S/C31H31N3O3/c1-21(25-13-7-11-23-10-5-6-12-27(23)25)33-18-24-20-34(17-15-26(24)22-8-3-2-4-9-22)30(35)28-14-16-32-19-29(28)31(36)37/h2-14,16,19,21,24,26,33H,15,17-18,20H2,1H3,(H,36,37)/t21-,24?,26?/m1/s1. The largest absolute Gasteiger partial charge is 0.478 e. The van der Waals surface area contributed by atoms with Crippen LogP contribution in [0.3, 0.4) is 0 Å². The monoisotopic (exact) mass is 493 g/mol. The Balaban J connectivity index is 1.38. The fourth-order valence-corrected chi connectivity index (χ4v) is 5.55. The zero-order valence-corrected chi connectivity index (χ0v) is 20.9. The lowest BCUT2D eigenvalue weighted by atomic mass is 9.80. The van der Waals surface area contributed by atoms with Gasteiger partial charge in [0.1, 0.15) is 0 Å². The lowest BCUT2D eigenvalue weighted by molar-refractivity contribution is 0.0622. The van der Waals surface area contributed by atoms with Crippen molar-refractivity contribution in [3.63, 3.8) is 0 Å². The van der Waals surface area contributed by atoms with Crippen LogP contribution in [0.5, 0.6) is 0 Å². The van der Waals surface area contributed by atoms with Gasteiger partial charge in [0.2, 0.25) is 0 Å². The first-order valence-corrected chi connectivity index (χ1v) is 12.8. The van der Waals surface area contributed by atoms with Crippen molar-refractivity contribution in [2.75, 3.05) is 19.6 Å². The molecule has 0 radical (unpaired) electrons. The Kier molecular flexibility index (Phi) is 7.28. The number of hydrogen-bond acceptors (Lipinski definition) is 4. The molecule has 0 aliphatic carbocycles. The number of carbonyl (C=O) groups is 2. The Labute approximate surface area is 217 Å². The summed E-state index contributed by atoms with van der Waals surface area (Å²) in [5.41, 5.74) is 2.66. The van der Waals surface area contributed by atoms with Gasteiger partial charge in [-0.2, -0.15) is 0 Å². The number of fused-ring (bicyclic) bond motifs is 1. The smallest absolute Gasteiger partial charge is 0.338 e. The average molecular weight is 494 g/mol. The van der Waals surface area contributed by atoms with E-state index in [1.807, 2.05) is 6.07 Å². The molecule has 3 aromatic carbocycles. The zero-order valence-electron chi connectivity index (χ0n) is 20.9. The fraction of sp³-hybridized carbons (Fsp3) is 0.258. The third kappa shape index (κ3) is 5.25. The number of carbonyl (C=O) groups excluding carboxylic acids is 1. The third-order valence-electron chi connectivity index (χ3n) is 7.51. The second kappa shape index (κ2) is 10.9. The molecule has 0 spiro atoms. The molecule has 1 fully saturated rings. The predicted molar refractivity (Wildman–Crippen MR) is 145 cm³/mol. The van der Waals surface area contributed by atoms with E-state index in [2.05, 4.69) is 84.0 Å². The lowest BCUT2D eigenvalue weighted by Crippen LogP contribution is -2.46. The first-order chi connectivity index (χ1) is 18.0. The van der Waals surface area contributed by atoms with Gasteiger partial charge in [-0.05, 0) is 53.1 Å². The van der Waals surface area contributed by atoms with Crippen molar-refractivity contribution in [1.29, 1.82) is 0 Å². The first-order valence-electron chi connectivity index (χ1n) is 12.8. The summed E-state index contributed by atoms with van der Waals surface area (Å²) < 4.78 is 0. The van der Waals surface area contributed by atoms with Crippen LogP contribution in [0.15, 0.2) is 91.3 Å². The SMILES string of the molecule is C[C@@H](NCC1CN(C(=O)c2ccncc2C(=O)O)CCC1c1ccccc1)c1cccc2ccccc12. The number of nitrogens with one attached hydrogen (secondary N) is 1. The highest BCUT2D eigenvalue weighted by Gasteiger charge is 2.34. The van der Waals surface area contributed by atoms with Gasteiger partial charge in [-0.15, -0.1) is 0 Å². The molecule has 188 valence electrons. The molecule has 0 bridgehead atoms. The Hall–Kier alpha value is -4.03. The van der Waals surface area contributed by atoms with Crippen molar-refractivity contribution < 1.29 is 14.7 Å². The Morgan fingerprint density at radius 1 is 1.00 bits per heavy atom. The van der Waals surface area contributed by atoms with Gasteiger partial charge in [0.15, 0.2) is 0 Å². The number of amides is 1. The number of aromatic nitrogens is 1. The molecule has 2 N–H and O–H groups in total. The van der Waals surface area contributed by atoms with Gasteiger partial charge in [-0.25, -0.2) is 4.79 Å². The number of rotatable bonds is 7. The third-order valence-corrected chi connectivity index (χ3v) is 7.51. The first kappa shape index (κ1) is 24.7. The molecule has 6 nitrogen and oxygen atoms in total. The van der Waals surface area contributed by atoms with Crippen LogP contribution in [0.4, 0.5) is 0 Å². The number of likely N-dealkylation sites (tertiary alicyclic amines) is 1. The lowest BCUT2D eigenvalue weighted by Gasteiger charge is -2.39. The summed E-state index contributed by atoms with van der Waals surface area (Å²) in [5.74, 6) is -0.919. The second-order valence-corrected chi connectivity index (χ2v) is 9.74. The minimum atomic E-state index is -1.14. The Morgan fingerprint density at radius 2 is 1.76 bits per heavy atom. The molecule has 37 heavy (non-hydrogen) atoms. The number of benzene rings is 3. The van der Waals surface area contributed by atoms with Gasteiger partial charge in [0, 0.05) is 38.1 Å². The van der Waals surface area contributed by atoms with Crippen LogP contribution in [0.2, 0.25) is 0 Å². The summed E-state index contributed by atoms with van der Waals surface area (Å²) in [6.45, 7) is 4.04. The van der Waals surface area contributed by atoms with Crippen LogP contribution >= 0.6 is 0 Å². The molecule has 1 aromatic heterocycles. The van der Waals surface area contributed by atoms with E-state index in [-0.39, 0.29) is 29.0 Å². The summed E-state index contributed by atoms with van der Waals surface area (Å²) in [5, 5.41) is 15.8. The predicted octanol–water partition coefficient (Wildman–Crippen LogP) is 5.53. The van der Waals surface area contributed by atoms with Gasteiger partial charge in [0.25, 0.3) is 5.91 Å². The maximum absolute atomic E-state index is 13.4. The van der Waals surface area contributed by atoms with E-state index in [1.54, 1.807) is 4.90 Å². The quantitative estimate of drug-likeness (QED) is 0.354. The van der Waals surface area contributed by atoms with E-state index in [9.17, 15) is 14.7 Å².